The van der Waals surface area contributed by atoms with Gasteiger partial charge in [-0.05, 0) is 78.8 Å². The zero-order chi connectivity index (χ0) is 56.2. The molecule has 1 N–H and O–H groups in total. The number of nitrogens with zero attached hydrogens (tertiary/aromatic N) is 2. The molecule has 2 aliphatic heterocycles. The molecule has 0 fully saturated rings. The van der Waals surface area contributed by atoms with Gasteiger partial charge in [0.15, 0.2) is 5.71 Å². The van der Waals surface area contributed by atoms with Gasteiger partial charge in [-0.3, -0.25) is 4.55 Å². The third-order valence-corrected chi connectivity index (χ3v) is 18.4. The highest BCUT2D eigenvalue weighted by atomic mass is 32.2. The van der Waals surface area contributed by atoms with Crippen molar-refractivity contribution in [3.05, 3.63) is 138 Å². The number of unbranched alkanes of at least 4 members (excludes halogenated alkanes) is 30. The summed E-state index contributed by atoms with van der Waals surface area (Å²) in [6.45, 7) is 16.1. The molecule has 0 atom stereocenters. The summed E-state index contributed by atoms with van der Waals surface area (Å²) in [7, 11) is -4.27. The largest absolute Gasteiger partial charge is 0.344 e. The van der Waals surface area contributed by atoms with Crippen LogP contribution in [0.3, 0.4) is 0 Å². The van der Waals surface area contributed by atoms with Gasteiger partial charge >= 0.3 is 0 Å². The number of rotatable bonds is 40. The first-order chi connectivity index (χ1) is 38.4. The fourth-order valence-electron chi connectivity index (χ4n) is 12.7. The molecule has 6 heteroatoms. The Kier molecular flexibility index (Phi) is 27.4. The Labute approximate surface area is 483 Å². The van der Waals surface area contributed by atoms with Crippen LogP contribution in [0.15, 0.2) is 132 Å². The normalized spacial score (nSPS) is 15.4. The van der Waals surface area contributed by atoms with E-state index in [9.17, 15) is 13.0 Å². The molecule has 4 aromatic carbocycles. The minimum absolute atomic E-state index is 0.0882. The molecule has 0 spiro atoms. The molecule has 0 unspecified atom stereocenters. The molecule has 79 heavy (non-hydrogen) atoms. The van der Waals surface area contributed by atoms with Crippen LogP contribution in [0, 0.1) is 0 Å². The molecule has 2 heterocycles. The van der Waals surface area contributed by atoms with Crippen molar-refractivity contribution in [2.75, 3.05) is 18.0 Å². The van der Waals surface area contributed by atoms with Gasteiger partial charge in [-0.15, -0.1) is 0 Å². The predicted octanol–water partition coefficient (Wildman–Crippen LogP) is 22.0. The number of hydrogen-bond acceptors (Lipinski definition) is 3. The van der Waals surface area contributed by atoms with Crippen molar-refractivity contribution in [3.63, 3.8) is 0 Å². The maximum absolute atomic E-state index is 11.9. The van der Waals surface area contributed by atoms with Gasteiger partial charge in [0.2, 0.25) is 5.69 Å². The molecule has 0 bridgehead atoms. The Balaban J connectivity index is 1.09. The molecule has 0 radical (unpaired) electrons. The van der Waals surface area contributed by atoms with E-state index < -0.39 is 10.1 Å². The van der Waals surface area contributed by atoms with Crippen LogP contribution < -0.4 is 4.90 Å². The molecule has 432 valence electrons. The number of fused-ring (bicyclic) bond motifs is 2. The number of allylic oxidation sites excluding steroid dienone is 6. The predicted molar refractivity (Wildman–Crippen MR) is 342 cm³/mol. The summed E-state index contributed by atoms with van der Waals surface area (Å²) >= 11 is 0. The van der Waals surface area contributed by atoms with Crippen molar-refractivity contribution in [1.82, 2.24) is 0 Å². The lowest BCUT2D eigenvalue weighted by atomic mass is 9.81. The van der Waals surface area contributed by atoms with Gasteiger partial charge in [-0.2, -0.15) is 13.0 Å². The van der Waals surface area contributed by atoms with Crippen LogP contribution in [-0.2, 0) is 20.9 Å². The summed E-state index contributed by atoms with van der Waals surface area (Å²) in [6, 6.07) is 31.2. The fourth-order valence-corrected chi connectivity index (χ4v) is 13.1. The maximum Gasteiger partial charge on any atom is 0.294 e. The Hall–Kier alpha value is -4.52. The number of anilines is 1. The highest BCUT2D eigenvalue weighted by molar-refractivity contribution is 7.85. The van der Waals surface area contributed by atoms with Gasteiger partial charge in [0.05, 0.1) is 10.3 Å². The molecule has 0 aromatic heterocycles. The van der Waals surface area contributed by atoms with Crippen LogP contribution in [0.2, 0.25) is 0 Å². The van der Waals surface area contributed by atoms with Crippen molar-refractivity contribution >= 4 is 27.2 Å². The maximum atomic E-state index is 11.9. The topological polar surface area (TPSA) is 60.6 Å². The average Bonchev–Trinajstić information content (AvgIpc) is 4.07. The lowest BCUT2D eigenvalue weighted by Crippen LogP contribution is -2.27. The summed E-state index contributed by atoms with van der Waals surface area (Å²) in [4.78, 5) is 2.47. The standard InChI is InChI=1S/C73H106N2O3S/c1-7-9-11-13-15-17-19-21-22-23-24-25-26-27-28-30-32-34-36-44-58-75-69-60-64(62-49-53-65(54-50-62)79(76,77)78)52-56-67(69)73(5,6)71(75)48-42-38-41-47-70-72(3,4)66-55-51-63(61-45-39-37-40-46-61)59-68(66)74(70)57-43-35-33-31-29-20-18-16-14-12-10-8-2/h37-42,45-56,59-60H,7-36,43-44,57-58H2,1-6H3/p+1. The van der Waals surface area contributed by atoms with Crippen molar-refractivity contribution in [2.45, 2.75) is 263 Å². The van der Waals surface area contributed by atoms with E-state index in [4.69, 9.17) is 0 Å². The van der Waals surface area contributed by atoms with Crippen LogP contribution in [0.4, 0.5) is 11.4 Å². The highest BCUT2D eigenvalue weighted by Gasteiger charge is 2.44. The van der Waals surface area contributed by atoms with E-state index >= 15 is 0 Å². The van der Waals surface area contributed by atoms with Crippen LogP contribution in [0.1, 0.15) is 258 Å². The molecular weight excluding hydrogens is 985 g/mol. The first-order valence-corrected chi connectivity index (χ1v) is 33.7. The van der Waals surface area contributed by atoms with E-state index in [1.54, 1.807) is 12.1 Å². The van der Waals surface area contributed by atoms with Crippen LogP contribution in [0.5, 0.6) is 0 Å². The molecule has 0 aliphatic carbocycles. The van der Waals surface area contributed by atoms with E-state index in [1.807, 2.05) is 0 Å². The lowest BCUT2D eigenvalue weighted by Gasteiger charge is -2.27. The van der Waals surface area contributed by atoms with Crippen LogP contribution in [-0.4, -0.2) is 36.3 Å². The van der Waals surface area contributed by atoms with Gasteiger partial charge in [0.1, 0.15) is 6.54 Å². The first-order valence-electron chi connectivity index (χ1n) is 32.3. The quantitative estimate of drug-likeness (QED) is 0.0209. The SMILES string of the molecule is CCCCCCCCCCCCCCCCCCCCCCN1/C(=C/C=C/C=C/C2=[N+](CCCCCCCCCCCCCC)c3cc(-c4ccccc4)ccc3C2(C)C)C(C)(C)c2ccc(-c3ccc(S(=O)(=O)O)cc3)cc21. The summed E-state index contributed by atoms with van der Waals surface area (Å²) in [5, 5.41) is 0. The second-order valence-corrected chi connectivity index (χ2v) is 26.1. The number of benzene rings is 4. The molecule has 5 nitrogen and oxygen atoms in total. The molecule has 4 aromatic rings. The van der Waals surface area contributed by atoms with Gasteiger partial charge in [-0.25, -0.2) is 0 Å². The molecular formula is C73H107N2O3S+. The zero-order valence-corrected chi connectivity index (χ0v) is 51.5. The summed E-state index contributed by atoms with van der Waals surface area (Å²) in [5.74, 6) is 0. The van der Waals surface area contributed by atoms with E-state index in [1.165, 1.54) is 256 Å². The minimum atomic E-state index is -4.27. The summed E-state index contributed by atoms with van der Waals surface area (Å²) < 4.78 is 36.1. The third-order valence-electron chi connectivity index (χ3n) is 17.6. The van der Waals surface area contributed by atoms with Crippen molar-refractivity contribution < 1.29 is 17.5 Å². The first kappa shape index (κ1) is 63.7. The molecule has 0 saturated heterocycles. The highest BCUT2D eigenvalue weighted by Crippen LogP contribution is 2.49. The monoisotopic (exact) mass is 1090 g/mol. The molecule has 6 rings (SSSR count). The summed E-state index contributed by atoms with van der Waals surface area (Å²) in [6.07, 6.45) is 55.1. The third kappa shape index (κ3) is 19.9. The molecule has 0 saturated carbocycles. The van der Waals surface area contributed by atoms with Gasteiger partial charge < -0.3 is 4.90 Å². The van der Waals surface area contributed by atoms with Gasteiger partial charge in [-0.1, -0.05) is 299 Å². The lowest BCUT2D eigenvalue weighted by molar-refractivity contribution is -0.438. The molecule has 0 amide bonds. The van der Waals surface area contributed by atoms with Gasteiger partial charge in [0.25, 0.3) is 10.1 Å². The Morgan fingerprint density at radius 3 is 1.38 bits per heavy atom. The second-order valence-electron chi connectivity index (χ2n) is 24.7. The Bertz CT molecular complexity index is 2640. The Morgan fingerprint density at radius 2 is 0.886 bits per heavy atom. The van der Waals surface area contributed by atoms with Crippen LogP contribution in [0.25, 0.3) is 22.3 Å². The van der Waals surface area contributed by atoms with E-state index in [2.05, 4.69) is 148 Å². The zero-order valence-electron chi connectivity index (χ0n) is 50.7. The second kappa shape index (κ2) is 34.0. The van der Waals surface area contributed by atoms with Crippen molar-refractivity contribution in [2.24, 2.45) is 0 Å². The fraction of sp³-hybridized carbons (Fsp3) is 0.575. The van der Waals surface area contributed by atoms with E-state index in [0.717, 1.165) is 30.6 Å². The van der Waals surface area contributed by atoms with Crippen LogP contribution >= 0.6 is 0 Å². The van der Waals surface area contributed by atoms with Crippen molar-refractivity contribution in [1.29, 1.82) is 0 Å². The minimum Gasteiger partial charge on any atom is -0.344 e. The Morgan fingerprint density at radius 1 is 0.456 bits per heavy atom. The van der Waals surface area contributed by atoms with E-state index in [-0.39, 0.29) is 15.7 Å². The van der Waals surface area contributed by atoms with Crippen molar-refractivity contribution in [3.8, 4) is 22.3 Å². The average molecular weight is 1090 g/mol. The summed E-state index contributed by atoms with van der Waals surface area (Å²) in [5.41, 5.74) is 12.1. The van der Waals surface area contributed by atoms with Gasteiger partial charge in [0, 0.05) is 47.5 Å². The number of hydrogen-bond donors (Lipinski definition) is 1. The smallest absolute Gasteiger partial charge is 0.294 e. The molecule has 2 aliphatic rings. The van der Waals surface area contributed by atoms with E-state index in [0.29, 0.717) is 0 Å².